The number of nitrogens with one attached hydrogen (secondary N) is 1. The maximum Gasteiger partial charge on any atom is 0.416 e. The SMILES string of the molecule is Cc1c(F)cc([C@@H](C)NC(=O)c2coc(Oc3cccc(C(F)(F)F)c3C3CC3)n2)cc1F. The Bertz CT molecular complexity index is 1180. The topological polar surface area (TPSA) is 64.4 Å². The minimum Gasteiger partial charge on any atom is -0.416 e. The molecule has 33 heavy (non-hydrogen) atoms. The molecule has 10 heteroatoms. The number of halogens is 5. The molecule has 1 amide bonds. The molecular formula is C23H19F5N2O3. The number of ether oxygens (including phenoxy) is 1. The van der Waals surface area contributed by atoms with Gasteiger partial charge in [-0.3, -0.25) is 4.79 Å². The van der Waals surface area contributed by atoms with Gasteiger partial charge in [-0.2, -0.15) is 18.2 Å². The van der Waals surface area contributed by atoms with E-state index in [9.17, 15) is 26.7 Å². The predicted octanol–water partition coefficient (Wildman–Crippen LogP) is 6.44. The Morgan fingerprint density at radius 2 is 1.88 bits per heavy atom. The van der Waals surface area contributed by atoms with Crippen molar-refractivity contribution in [2.45, 2.75) is 44.8 Å². The van der Waals surface area contributed by atoms with E-state index >= 15 is 0 Å². The molecule has 2 aromatic carbocycles. The summed E-state index contributed by atoms with van der Waals surface area (Å²) >= 11 is 0. The fourth-order valence-electron chi connectivity index (χ4n) is 3.44. The van der Waals surface area contributed by atoms with Gasteiger partial charge < -0.3 is 14.5 Å². The highest BCUT2D eigenvalue weighted by Gasteiger charge is 2.40. The van der Waals surface area contributed by atoms with Gasteiger partial charge in [0.1, 0.15) is 23.6 Å². The molecule has 0 radical (unpaired) electrons. The van der Waals surface area contributed by atoms with Crippen molar-refractivity contribution in [3.8, 4) is 11.8 Å². The summed E-state index contributed by atoms with van der Waals surface area (Å²) in [4.78, 5) is 16.4. The second kappa shape index (κ2) is 8.49. The molecule has 1 fully saturated rings. The first-order valence-corrected chi connectivity index (χ1v) is 10.1. The average molecular weight is 466 g/mol. The van der Waals surface area contributed by atoms with Crippen molar-refractivity contribution in [2.24, 2.45) is 0 Å². The number of aromatic nitrogens is 1. The maximum atomic E-state index is 13.8. The van der Waals surface area contributed by atoms with Gasteiger partial charge >= 0.3 is 12.3 Å². The minimum atomic E-state index is -4.54. The van der Waals surface area contributed by atoms with Crippen LogP contribution in [0.2, 0.25) is 0 Å². The zero-order valence-corrected chi connectivity index (χ0v) is 17.6. The molecular weight excluding hydrogens is 447 g/mol. The highest BCUT2D eigenvalue weighted by molar-refractivity contribution is 5.92. The summed E-state index contributed by atoms with van der Waals surface area (Å²) in [5.41, 5.74) is -0.868. The van der Waals surface area contributed by atoms with Crippen molar-refractivity contribution in [3.63, 3.8) is 0 Å². The maximum absolute atomic E-state index is 13.8. The van der Waals surface area contributed by atoms with Crippen LogP contribution in [0.5, 0.6) is 11.8 Å². The van der Waals surface area contributed by atoms with Crippen LogP contribution in [0, 0.1) is 18.6 Å². The highest BCUT2D eigenvalue weighted by Crippen LogP contribution is 2.50. The monoisotopic (exact) mass is 466 g/mol. The van der Waals surface area contributed by atoms with Crippen LogP contribution < -0.4 is 10.1 Å². The van der Waals surface area contributed by atoms with Crippen LogP contribution >= 0.6 is 0 Å². The molecule has 0 unspecified atom stereocenters. The molecule has 1 aliphatic carbocycles. The van der Waals surface area contributed by atoms with Gasteiger partial charge in [-0.25, -0.2) is 8.78 Å². The largest absolute Gasteiger partial charge is 0.416 e. The number of amides is 1. The van der Waals surface area contributed by atoms with Gasteiger partial charge in [0.15, 0.2) is 5.69 Å². The number of rotatable bonds is 6. The van der Waals surface area contributed by atoms with E-state index in [1.54, 1.807) is 0 Å². The van der Waals surface area contributed by atoms with Crippen LogP contribution in [0.4, 0.5) is 22.0 Å². The molecule has 1 saturated carbocycles. The van der Waals surface area contributed by atoms with Crippen molar-refractivity contribution >= 4 is 5.91 Å². The van der Waals surface area contributed by atoms with Crippen molar-refractivity contribution in [3.05, 3.63) is 76.2 Å². The molecule has 0 saturated heterocycles. The average Bonchev–Trinajstić information content (AvgIpc) is 3.48. The summed E-state index contributed by atoms with van der Waals surface area (Å²) in [6.45, 7) is 2.83. The van der Waals surface area contributed by atoms with Gasteiger partial charge in [0.2, 0.25) is 0 Å². The van der Waals surface area contributed by atoms with Gasteiger partial charge in [-0.1, -0.05) is 6.07 Å². The zero-order chi connectivity index (χ0) is 23.9. The Morgan fingerprint density at radius 3 is 2.48 bits per heavy atom. The van der Waals surface area contributed by atoms with Gasteiger partial charge in [0, 0.05) is 11.1 Å². The van der Waals surface area contributed by atoms with Gasteiger partial charge in [-0.05, 0) is 62.4 Å². The first-order valence-electron chi connectivity index (χ1n) is 10.1. The van der Waals surface area contributed by atoms with Crippen molar-refractivity contribution in [1.29, 1.82) is 0 Å². The summed E-state index contributed by atoms with van der Waals surface area (Å²) in [5, 5.41) is 2.53. The minimum absolute atomic E-state index is 0.0336. The second-order valence-corrected chi connectivity index (χ2v) is 7.89. The molecule has 0 aliphatic heterocycles. The number of nitrogens with zero attached hydrogens (tertiary/aromatic N) is 1. The number of carbonyl (C=O) groups excluding carboxylic acids is 1. The standard InChI is InChI=1S/C23H19F5N2O3/c1-11-16(24)8-14(9-17(11)25)12(2)29-21(31)18-10-32-22(30-18)33-19-5-3-4-15(23(26,27)28)20(19)13-6-7-13/h3-5,8-10,12-13H,6-7H2,1-2H3,(H,29,31)/t12-/m1/s1. The number of carbonyl (C=O) groups is 1. The van der Waals surface area contributed by atoms with Crippen LogP contribution in [-0.2, 0) is 6.18 Å². The fraction of sp³-hybridized carbons (Fsp3) is 0.304. The van der Waals surface area contributed by atoms with E-state index in [-0.39, 0.29) is 34.1 Å². The lowest BCUT2D eigenvalue weighted by Crippen LogP contribution is -2.27. The normalized spacial score (nSPS) is 14.8. The quantitative estimate of drug-likeness (QED) is 0.425. The summed E-state index contributed by atoms with van der Waals surface area (Å²) in [7, 11) is 0. The first kappa shape index (κ1) is 22.8. The Kier molecular flexibility index (Phi) is 5.85. The van der Waals surface area contributed by atoms with E-state index in [1.165, 1.54) is 26.0 Å². The molecule has 1 aliphatic rings. The third-order valence-electron chi connectivity index (χ3n) is 5.42. The van der Waals surface area contributed by atoms with E-state index < -0.39 is 41.4 Å². The second-order valence-electron chi connectivity index (χ2n) is 7.89. The molecule has 0 bridgehead atoms. The first-order chi connectivity index (χ1) is 15.5. The molecule has 1 heterocycles. The van der Waals surface area contributed by atoms with E-state index in [0.29, 0.717) is 12.8 Å². The smallest absolute Gasteiger partial charge is 0.416 e. The highest BCUT2D eigenvalue weighted by atomic mass is 19.4. The predicted molar refractivity (Wildman–Crippen MR) is 107 cm³/mol. The Balaban J connectivity index is 1.50. The molecule has 4 rings (SSSR count). The van der Waals surface area contributed by atoms with E-state index in [0.717, 1.165) is 24.5 Å². The molecule has 1 atom stereocenters. The number of oxazole rings is 1. The van der Waals surface area contributed by atoms with E-state index in [2.05, 4.69) is 10.3 Å². The summed E-state index contributed by atoms with van der Waals surface area (Å²) < 4.78 is 78.4. The molecule has 3 aromatic rings. The van der Waals surface area contributed by atoms with Crippen LogP contribution in [0.15, 0.2) is 41.0 Å². The van der Waals surface area contributed by atoms with Crippen molar-refractivity contribution < 1.29 is 35.9 Å². The fourth-order valence-corrected chi connectivity index (χ4v) is 3.44. The van der Waals surface area contributed by atoms with Crippen LogP contribution in [0.25, 0.3) is 0 Å². The number of hydrogen-bond acceptors (Lipinski definition) is 4. The van der Waals surface area contributed by atoms with Crippen molar-refractivity contribution in [1.82, 2.24) is 10.3 Å². The van der Waals surface area contributed by atoms with E-state index in [1.807, 2.05) is 0 Å². The van der Waals surface area contributed by atoms with Gasteiger partial charge in [0.25, 0.3) is 5.91 Å². The third kappa shape index (κ3) is 4.84. The van der Waals surface area contributed by atoms with Gasteiger partial charge in [-0.15, -0.1) is 0 Å². The molecule has 1 N–H and O–H groups in total. The lowest BCUT2D eigenvalue weighted by Gasteiger charge is -2.15. The number of benzene rings is 2. The third-order valence-corrected chi connectivity index (χ3v) is 5.42. The Labute approximate surface area is 185 Å². The molecule has 5 nitrogen and oxygen atoms in total. The number of hydrogen-bond donors (Lipinski definition) is 1. The Hall–Kier alpha value is -3.43. The molecule has 174 valence electrons. The number of alkyl halides is 3. The summed E-state index contributed by atoms with van der Waals surface area (Å²) in [6, 6.07) is 5.08. The lowest BCUT2D eigenvalue weighted by molar-refractivity contribution is -0.138. The lowest BCUT2D eigenvalue weighted by atomic mass is 10.0. The van der Waals surface area contributed by atoms with E-state index in [4.69, 9.17) is 9.15 Å². The molecule has 1 aromatic heterocycles. The van der Waals surface area contributed by atoms with Crippen LogP contribution in [0.3, 0.4) is 0 Å². The van der Waals surface area contributed by atoms with Crippen LogP contribution in [0.1, 0.15) is 64.5 Å². The molecule has 0 spiro atoms. The summed E-state index contributed by atoms with van der Waals surface area (Å²) in [5.74, 6) is -2.51. The van der Waals surface area contributed by atoms with Crippen LogP contribution in [-0.4, -0.2) is 10.9 Å². The summed E-state index contributed by atoms with van der Waals surface area (Å²) in [6.07, 6.45) is -2.73. The van der Waals surface area contributed by atoms with Gasteiger partial charge in [0.05, 0.1) is 11.6 Å². The van der Waals surface area contributed by atoms with Crippen molar-refractivity contribution in [2.75, 3.05) is 0 Å². The Morgan fingerprint density at radius 1 is 1.21 bits per heavy atom. The zero-order valence-electron chi connectivity index (χ0n) is 17.6.